The molecular weight excluding hydrogens is 242 g/mol. The van der Waals surface area contributed by atoms with Crippen LogP contribution in [0.1, 0.15) is 23.5 Å². The molecule has 0 radical (unpaired) electrons. The van der Waals surface area contributed by atoms with E-state index in [-0.39, 0.29) is 24.5 Å². The quantitative estimate of drug-likeness (QED) is 0.856. The number of hydrogen-bond donors (Lipinski definition) is 1. The van der Waals surface area contributed by atoms with E-state index in [1.54, 1.807) is 31.0 Å². The summed E-state index contributed by atoms with van der Waals surface area (Å²) in [5, 5.41) is 14.3. The van der Waals surface area contributed by atoms with Crippen LogP contribution in [0.5, 0.6) is 0 Å². The molecule has 2 rings (SSSR count). The third-order valence-electron chi connectivity index (χ3n) is 2.63. The van der Waals surface area contributed by atoms with E-state index in [0.717, 1.165) is 5.69 Å². The molecule has 0 bridgehead atoms. The maximum Gasteiger partial charge on any atom is 0.281 e. The Morgan fingerprint density at radius 2 is 2.22 bits per heavy atom. The number of aryl methyl sites for hydroxylation is 1. The number of nitrogens with zero attached hydrogens (tertiary/aromatic N) is 5. The topological polar surface area (TPSA) is 60.6 Å². The average molecular weight is 256 g/mol. The molecule has 18 heavy (non-hydrogen) atoms. The van der Waals surface area contributed by atoms with Crippen LogP contribution in [-0.2, 0) is 20.1 Å². The molecule has 1 N–H and O–H groups in total. The van der Waals surface area contributed by atoms with Crippen LogP contribution in [0.4, 0.5) is 8.78 Å². The number of nitrogens with one attached hydrogen (secondary N) is 1. The first-order valence-corrected chi connectivity index (χ1v) is 5.45. The van der Waals surface area contributed by atoms with Gasteiger partial charge in [0.15, 0.2) is 0 Å². The van der Waals surface area contributed by atoms with Crippen LogP contribution in [0.25, 0.3) is 0 Å². The molecule has 2 heterocycles. The van der Waals surface area contributed by atoms with E-state index in [0.29, 0.717) is 0 Å². The second kappa shape index (κ2) is 5.21. The summed E-state index contributed by atoms with van der Waals surface area (Å²) < 4.78 is 28.9. The molecule has 2 aromatic heterocycles. The van der Waals surface area contributed by atoms with Gasteiger partial charge in [-0.15, -0.1) is 5.10 Å². The molecule has 0 saturated heterocycles. The lowest BCUT2D eigenvalue weighted by Crippen LogP contribution is -2.13. The molecule has 98 valence electrons. The van der Waals surface area contributed by atoms with Gasteiger partial charge in [-0.05, 0) is 13.1 Å². The minimum atomic E-state index is -2.60. The fourth-order valence-electron chi connectivity index (χ4n) is 1.71. The zero-order valence-corrected chi connectivity index (χ0v) is 10.1. The lowest BCUT2D eigenvalue weighted by Gasteiger charge is -2.07. The highest BCUT2D eigenvalue weighted by atomic mass is 19.3. The van der Waals surface area contributed by atoms with Crippen molar-refractivity contribution >= 4 is 0 Å². The fourth-order valence-corrected chi connectivity index (χ4v) is 1.71. The van der Waals surface area contributed by atoms with Gasteiger partial charge in [0.05, 0.1) is 12.2 Å². The number of hydrogen-bond acceptors (Lipinski definition) is 4. The van der Waals surface area contributed by atoms with Crippen LogP contribution in [-0.4, -0.2) is 31.8 Å². The first kappa shape index (κ1) is 12.6. The molecule has 0 spiro atoms. The van der Waals surface area contributed by atoms with Gasteiger partial charge >= 0.3 is 0 Å². The molecule has 2 aromatic rings. The van der Waals surface area contributed by atoms with Crippen LogP contribution in [0.15, 0.2) is 12.3 Å². The van der Waals surface area contributed by atoms with E-state index in [9.17, 15) is 8.78 Å². The molecule has 8 heteroatoms. The van der Waals surface area contributed by atoms with E-state index < -0.39 is 6.43 Å². The Hall–Kier alpha value is -1.83. The smallest absolute Gasteiger partial charge is 0.281 e. The summed E-state index contributed by atoms with van der Waals surface area (Å²) in [4.78, 5) is 0. The van der Waals surface area contributed by atoms with Crippen LogP contribution in [0.2, 0.25) is 0 Å². The zero-order valence-electron chi connectivity index (χ0n) is 10.1. The SMILES string of the molecule is CNCc1nnn(Cc2ccnn2C)c1C(F)F. The van der Waals surface area contributed by atoms with Crippen molar-refractivity contribution in [3.63, 3.8) is 0 Å². The summed E-state index contributed by atoms with van der Waals surface area (Å²) in [6.07, 6.45) is -0.986. The average Bonchev–Trinajstić information content (AvgIpc) is 2.88. The molecule has 0 aromatic carbocycles. The number of aromatic nitrogens is 5. The lowest BCUT2D eigenvalue weighted by molar-refractivity contribution is 0.138. The first-order valence-electron chi connectivity index (χ1n) is 5.45. The number of rotatable bonds is 5. The summed E-state index contributed by atoms with van der Waals surface area (Å²) in [6, 6.07) is 1.76. The van der Waals surface area contributed by atoms with E-state index in [1.807, 2.05) is 0 Å². The summed E-state index contributed by atoms with van der Waals surface area (Å²) >= 11 is 0. The van der Waals surface area contributed by atoms with E-state index >= 15 is 0 Å². The van der Waals surface area contributed by atoms with E-state index in [2.05, 4.69) is 20.7 Å². The van der Waals surface area contributed by atoms with Crippen molar-refractivity contribution in [2.75, 3.05) is 7.05 Å². The van der Waals surface area contributed by atoms with Gasteiger partial charge in [-0.25, -0.2) is 13.5 Å². The molecule has 0 amide bonds. The summed E-state index contributed by atoms with van der Waals surface area (Å²) in [7, 11) is 3.43. The van der Waals surface area contributed by atoms with Crippen molar-refractivity contribution in [1.82, 2.24) is 30.1 Å². The molecule has 0 atom stereocenters. The molecule has 6 nitrogen and oxygen atoms in total. The largest absolute Gasteiger partial charge is 0.314 e. The normalized spacial score (nSPS) is 11.4. The third-order valence-corrected chi connectivity index (χ3v) is 2.63. The predicted octanol–water partition coefficient (Wildman–Crippen LogP) is 0.717. The van der Waals surface area contributed by atoms with E-state index in [4.69, 9.17) is 0 Å². The van der Waals surface area contributed by atoms with Crippen molar-refractivity contribution in [3.8, 4) is 0 Å². The predicted molar refractivity (Wildman–Crippen MR) is 60.1 cm³/mol. The second-order valence-electron chi connectivity index (χ2n) is 3.86. The molecule has 0 aliphatic carbocycles. The van der Waals surface area contributed by atoms with Crippen LogP contribution >= 0.6 is 0 Å². The molecule has 0 aliphatic heterocycles. The Balaban J connectivity index is 2.30. The fraction of sp³-hybridized carbons (Fsp3) is 0.500. The van der Waals surface area contributed by atoms with Gasteiger partial charge in [0, 0.05) is 19.8 Å². The Labute approximate surface area is 103 Å². The van der Waals surface area contributed by atoms with E-state index in [1.165, 1.54) is 4.68 Å². The molecular formula is C10H14F2N6. The Morgan fingerprint density at radius 1 is 1.44 bits per heavy atom. The molecule has 0 aliphatic rings. The lowest BCUT2D eigenvalue weighted by atomic mass is 10.3. The monoisotopic (exact) mass is 256 g/mol. The van der Waals surface area contributed by atoms with Gasteiger partial charge in [-0.3, -0.25) is 4.68 Å². The Morgan fingerprint density at radius 3 is 2.78 bits per heavy atom. The Bertz CT molecular complexity index is 518. The molecule has 0 fully saturated rings. The maximum atomic E-state index is 13.0. The molecule has 0 saturated carbocycles. The summed E-state index contributed by atoms with van der Waals surface area (Å²) in [5.74, 6) is 0. The number of alkyl halides is 2. The first-order chi connectivity index (χ1) is 8.63. The Kier molecular flexibility index (Phi) is 3.66. The highest BCUT2D eigenvalue weighted by molar-refractivity contribution is 5.13. The van der Waals surface area contributed by atoms with Crippen molar-refractivity contribution in [1.29, 1.82) is 0 Å². The van der Waals surface area contributed by atoms with Crippen LogP contribution < -0.4 is 5.32 Å². The summed E-state index contributed by atoms with van der Waals surface area (Å²) in [5.41, 5.74) is 0.915. The summed E-state index contributed by atoms with van der Waals surface area (Å²) in [6.45, 7) is 0.498. The van der Waals surface area contributed by atoms with Crippen molar-refractivity contribution in [2.45, 2.75) is 19.5 Å². The van der Waals surface area contributed by atoms with Gasteiger partial charge in [-0.2, -0.15) is 5.10 Å². The minimum absolute atomic E-state index is 0.148. The van der Waals surface area contributed by atoms with Crippen LogP contribution in [0.3, 0.4) is 0 Å². The second-order valence-corrected chi connectivity index (χ2v) is 3.86. The standard InChI is InChI=1S/C10H14F2N6/c1-13-5-8-9(10(11)12)18(16-15-8)6-7-3-4-14-17(7)2/h3-4,10,13H,5-6H2,1-2H3. The maximum absolute atomic E-state index is 13.0. The number of halogens is 2. The molecule has 0 unspecified atom stereocenters. The van der Waals surface area contributed by atoms with Crippen LogP contribution in [0, 0.1) is 0 Å². The van der Waals surface area contributed by atoms with Crippen molar-refractivity contribution in [3.05, 3.63) is 29.3 Å². The van der Waals surface area contributed by atoms with Gasteiger partial charge in [-0.1, -0.05) is 5.21 Å². The van der Waals surface area contributed by atoms with Gasteiger partial charge in [0.2, 0.25) is 0 Å². The highest BCUT2D eigenvalue weighted by Crippen LogP contribution is 2.22. The van der Waals surface area contributed by atoms with Gasteiger partial charge < -0.3 is 5.32 Å². The third kappa shape index (κ3) is 2.37. The highest BCUT2D eigenvalue weighted by Gasteiger charge is 2.21. The van der Waals surface area contributed by atoms with Crippen molar-refractivity contribution < 1.29 is 8.78 Å². The zero-order chi connectivity index (χ0) is 13.1. The van der Waals surface area contributed by atoms with Gasteiger partial charge in [0.1, 0.15) is 11.4 Å². The van der Waals surface area contributed by atoms with Crippen molar-refractivity contribution in [2.24, 2.45) is 7.05 Å². The minimum Gasteiger partial charge on any atom is -0.314 e. The van der Waals surface area contributed by atoms with Gasteiger partial charge in [0.25, 0.3) is 6.43 Å².